The van der Waals surface area contributed by atoms with Gasteiger partial charge in [-0.3, -0.25) is 0 Å². The van der Waals surface area contributed by atoms with Crippen molar-refractivity contribution < 1.29 is 9.13 Å². The fraction of sp³-hybridized carbons (Fsp3) is 0.240. The Morgan fingerprint density at radius 2 is 1.85 bits per heavy atom. The minimum absolute atomic E-state index is 0.0100. The standard InChI is InChI=1S/C25H24FN7O/c1-16-13-19-21(30-16)7-8-22(23(19)26)34-25-20(14-27)24(28-15-29-25)31-17-3-5-18(6-4-17)33-11-9-32(2)10-12-33/h3-8,13,15,30H,9-12H2,1-2H3,(H,28,29,31). The van der Waals surface area contributed by atoms with E-state index >= 15 is 0 Å². The van der Waals surface area contributed by atoms with Crippen LogP contribution in [0.2, 0.25) is 0 Å². The van der Waals surface area contributed by atoms with E-state index in [1.807, 2.05) is 31.2 Å². The number of fused-ring (bicyclic) bond motifs is 1. The van der Waals surface area contributed by atoms with Gasteiger partial charge in [-0.25, -0.2) is 14.4 Å². The summed E-state index contributed by atoms with van der Waals surface area (Å²) in [4.78, 5) is 16.0. The van der Waals surface area contributed by atoms with Gasteiger partial charge in [0.05, 0.1) is 0 Å². The Bertz CT molecular complexity index is 1370. The Kier molecular flexibility index (Phi) is 5.74. The summed E-state index contributed by atoms with van der Waals surface area (Å²) < 4.78 is 20.7. The fourth-order valence-electron chi connectivity index (χ4n) is 4.07. The molecule has 172 valence electrons. The van der Waals surface area contributed by atoms with E-state index in [-0.39, 0.29) is 17.2 Å². The van der Waals surface area contributed by atoms with Crippen molar-refractivity contribution in [3.05, 3.63) is 65.9 Å². The molecular formula is C25H24FN7O. The number of nitrogens with zero attached hydrogens (tertiary/aromatic N) is 5. The van der Waals surface area contributed by atoms with Crippen molar-refractivity contribution in [1.82, 2.24) is 19.9 Å². The van der Waals surface area contributed by atoms with Gasteiger partial charge < -0.3 is 24.8 Å². The summed E-state index contributed by atoms with van der Waals surface area (Å²) in [6.07, 6.45) is 1.29. The van der Waals surface area contributed by atoms with E-state index in [1.165, 1.54) is 12.4 Å². The molecule has 0 bridgehead atoms. The molecule has 34 heavy (non-hydrogen) atoms. The minimum atomic E-state index is -0.515. The van der Waals surface area contributed by atoms with Crippen molar-refractivity contribution in [2.75, 3.05) is 43.4 Å². The third-order valence-corrected chi connectivity index (χ3v) is 5.97. The number of piperazine rings is 1. The Morgan fingerprint density at radius 1 is 1.09 bits per heavy atom. The van der Waals surface area contributed by atoms with Gasteiger partial charge in [-0.1, -0.05) is 0 Å². The number of aryl methyl sites for hydroxylation is 1. The first kappa shape index (κ1) is 21.7. The monoisotopic (exact) mass is 457 g/mol. The van der Waals surface area contributed by atoms with Gasteiger partial charge in [0.1, 0.15) is 12.4 Å². The summed E-state index contributed by atoms with van der Waals surface area (Å²) >= 11 is 0. The average molecular weight is 458 g/mol. The second-order valence-corrected chi connectivity index (χ2v) is 8.37. The second kappa shape index (κ2) is 9.00. The van der Waals surface area contributed by atoms with Crippen molar-refractivity contribution in [2.24, 2.45) is 0 Å². The zero-order valence-electron chi connectivity index (χ0n) is 19.0. The Morgan fingerprint density at radius 3 is 2.59 bits per heavy atom. The molecule has 0 spiro atoms. The average Bonchev–Trinajstić information content (AvgIpc) is 3.23. The molecule has 2 aromatic heterocycles. The van der Waals surface area contributed by atoms with Crippen LogP contribution >= 0.6 is 0 Å². The van der Waals surface area contributed by atoms with Crippen LogP contribution in [0.4, 0.5) is 21.6 Å². The van der Waals surface area contributed by atoms with Crippen LogP contribution < -0.4 is 15.0 Å². The number of hydrogen-bond acceptors (Lipinski definition) is 7. The molecular weight excluding hydrogens is 433 g/mol. The number of ether oxygens (including phenoxy) is 1. The number of halogens is 1. The SMILES string of the molecule is Cc1cc2c(F)c(Oc3ncnc(Nc4ccc(N5CCN(C)CC5)cc4)c3C#N)ccc2[nH]1. The highest BCUT2D eigenvalue weighted by atomic mass is 19.1. The quantitative estimate of drug-likeness (QED) is 0.454. The lowest BCUT2D eigenvalue weighted by atomic mass is 10.2. The van der Waals surface area contributed by atoms with Gasteiger partial charge >= 0.3 is 0 Å². The third kappa shape index (κ3) is 4.23. The Labute approximate surface area is 196 Å². The molecule has 0 radical (unpaired) electrons. The van der Waals surface area contributed by atoms with Crippen LogP contribution in [0.1, 0.15) is 11.3 Å². The van der Waals surface area contributed by atoms with Crippen LogP contribution in [0.25, 0.3) is 10.9 Å². The molecule has 0 aliphatic carbocycles. The van der Waals surface area contributed by atoms with E-state index in [0.29, 0.717) is 16.7 Å². The van der Waals surface area contributed by atoms with Crippen LogP contribution in [0, 0.1) is 24.1 Å². The molecule has 2 N–H and O–H groups in total. The smallest absolute Gasteiger partial charge is 0.242 e. The predicted octanol–water partition coefficient (Wildman–Crippen LogP) is 4.56. The maximum atomic E-state index is 15.0. The number of likely N-dealkylation sites (N-methyl/N-ethyl adjacent to an activating group) is 1. The third-order valence-electron chi connectivity index (χ3n) is 5.97. The fourth-order valence-corrected chi connectivity index (χ4v) is 4.07. The zero-order chi connectivity index (χ0) is 23.7. The molecule has 5 rings (SSSR count). The molecule has 9 heteroatoms. The number of nitrogens with one attached hydrogen (secondary N) is 2. The van der Waals surface area contributed by atoms with E-state index in [1.54, 1.807) is 12.1 Å². The van der Waals surface area contributed by atoms with Crippen molar-refractivity contribution >= 4 is 28.1 Å². The lowest BCUT2D eigenvalue weighted by molar-refractivity contribution is 0.313. The van der Waals surface area contributed by atoms with E-state index in [0.717, 1.165) is 43.2 Å². The van der Waals surface area contributed by atoms with Crippen molar-refractivity contribution in [1.29, 1.82) is 5.26 Å². The van der Waals surface area contributed by atoms with E-state index in [2.05, 4.69) is 43.2 Å². The summed E-state index contributed by atoms with van der Waals surface area (Å²) in [6, 6.07) is 15.0. The molecule has 1 fully saturated rings. The Balaban J connectivity index is 1.37. The molecule has 4 aromatic rings. The summed E-state index contributed by atoms with van der Waals surface area (Å²) in [5.41, 5.74) is 3.53. The van der Waals surface area contributed by atoms with Crippen molar-refractivity contribution in [3.8, 4) is 17.7 Å². The van der Waals surface area contributed by atoms with Crippen LogP contribution in [0.3, 0.4) is 0 Å². The molecule has 0 atom stereocenters. The van der Waals surface area contributed by atoms with Gasteiger partial charge in [-0.2, -0.15) is 5.26 Å². The van der Waals surface area contributed by atoms with Gasteiger partial charge in [-0.15, -0.1) is 0 Å². The number of hydrogen-bond donors (Lipinski definition) is 2. The molecule has 8 nitrogen and oxygen atoms in total. The maximum absolute atomic E-state index is 15.0. The van der Waals surface area contributed by atoms with Crippen LogP contribution in [0.15, 0.2) is 48.8 Å². The summed E-state index contributed by atoms with van der Waals surface area (Å²) in [5, 5.41) is 13.3. The number of anilines is 3. The predicted molar refractivity (Wildman–Crippen MR) is 129 cm³/mol. The number of rotatable bonds is 5. The first-order chi connectivity index (χ1) is 16.5. The summed E-state index contributed by atoms with van der Waals surface area (Å²) in [5.74, 6) is -0.249. The largest absolute Gasteiger partial charge is 0.434 e. The minimum Gasteiger partial charge on any atom is -0.434 e. The maximum Gasteiger partial charge on any atom is 0.242 e. The first-order valence-corrected chi connectivity index (χ1v) is 11.0. The van der Waals surface area contributed by atoms with Crippen molar-refractivity contribution in [2.45, 2.75) is 6.92 Å². The molecule has 1 aliphatic rings. The highest BCUT2D eigenvalue weighted by Crippen LogP contribution is 2.33. The molecule has 0 saturated carbocycles. The number of aromatic nitrogens is 3. The molecule has 2 aromatic carbocycles. The summed E-state index contributed by atoms with van der Waals surface area (Å²) in [7, 11) is 2.13. The molecule has 0 amide bonds. The first-order valence-electron chi connectivity index (χ1n) is 11.0. The lowest BCUT2D eigenvalue weighted by Crippen LogP contribution is -2.44. The number of H-pyrrole nitrogens is 1. The molecule has 3 heterocycles. The molecule has 1 saturated heterocycles. The zero-order valence-corrected chi connectivity index (χ0v) is 19.0. The molecule has 1 aliphatic heterocycles. The Hall–Kier alpha value is -4.16. The van der Waals surface area contributed by atoms with Crippen molar-refractivity contribution in [3.63, 3.8) is 0 Å². The highest BCUT2D eigenvalue weighted by Gasteiger charge is 2.18. The van der Waals surface area contributed by atoms with Crippen LogP contribution in [-0.2, 0) is 0 Å². The van der Waals surface area contributed by atoms with Crippen LogP contribution in [0.5, 0.6) is 11.6 Å². The van der Waals surface area contributed by atoms with E-state index < -0.39 is 5.82 Å². The summed E-state index contributed by atoms with van der Waals surface area (Å²) in [6.45, 7) is 5.89. The highest BCUT2D eigenvalue weighted by molar-refractivity contribution is 5.83. The van der Waals surface area contributed by atoms with Gasteiger partial charge in [0, 0.05) is 54.2 Å². The number of nitriles is 1. The van der Waals surface area contributed by atoms with Gasteiger partial charge in [0.15, 0.2) is 22.9 Å². The molecule has 0 unspecified atom stereocenters. The normalized spacial score (nSPS) is 14.2. The topological polar surface area (TPSA) is 93.1 Å². The van der Waals surface area contributed by atoms with Crippen LogP contribution in [-0.4, -0.2) is 53.1 Å². The van der Waals surface area contributed by atoms with Gasteiger partial charge in [-0.05, 0) is 56.4 Å². The van der Waals surface area contributed by atoms with E-state index in [4.69, 9.17) is 4.74 Å². The van der Waals surface area contributed by atoms with Gasteiger partial charge in [0.2, 0.25) is 5.88 Å². The number of aromatic amines is 1. The van der Waals surface area contributed by atoms with E-state index in [9.17, 15) is 9.65 Å². The number of benzene rings is 2. The van der Waals surface area contributed by atoms with Gasteiger partial charge in [0.25, 0.3) is 0 Å². The lowest BCUT2D eigenvalue weighted by Gasteiger charge is -2.34. The second-order valence-electron chi connectivity index (χ2n) is 8.37.